The zero-order valence-corrected chi connectivity index (χ0v) is 14.6. The third kappa shape index (κ3) is 2.44. The Labute approximate surface area is 155 Å². The number of para-hydroxylation sites is 1. The van der Waals surface area contributed by atoms with Crippen molar-refractivity contribution in [2.45, 2.75) is 23.2 Å². The summed E-state index contributed by atoms with van der Waals surface area (Å²) in [6, 6.07) is 8.99. The number of nitrogens with zero attached hydrogens (tertiary/aromatic N) is 1. The molecule has 27 heavy (non-hydrogen) atoms. The molecule has 1 saturated heterocycles. The zero-order chi connectivity index (χ0) is 19.6. The molecule has 0 bridgehead atoms. The van der Waals surface area contributed by atoms with Crippen molar-refractivity contribution in [3.8, 4) is 0 Å². The van der Waals surface area contributed by atoms with Crippen LogP contribution in [0.2, 0.25) is 0 Å². The highest BCUT2D eigenvalue weighted by Gasteiger charge is 2.61. The van der Waals surface area contributed by atoms with Crippen LogP contribution < -0.4 is 10.2 Å². The number of hydrogen-bond acceptors (Lipinski definition) is 3. The van der Waals surface area contributed by atoms with E-state index in [1.807, 2.05) is 0 Å². The van der Waals surface area contributed by atoms with Crippen molar-refractivity contribution >= 4 is 35.0 Å². The lowest BCUT2D eigenvalue weighted by Crippen LogP contribution is -2.47. The van der Waals surface area contributed by atoms with E-state index in [-0.39, 0.29) is 5.69 Å². The SMILES string of the molecule is C[C@@H]1S[C@]2(C(=O)Nc3ccccc32)N(c2ccc(F)c(C(F)(F)F)c2)C1=O. The molecule has 4 nitrogen and oxygen atoms in total. The van der Waals surface area contributed by atoms with Crippen LogP contribution in [0.4, 0.5) is 28.9 Å². The molecule has 0 aliphatic carbocycles. The molecule has 0 unspecified atom stereocenters. The van der Waals surface area contributed by atoms with Gasteiger partial charge in [0.15, 0.2) is 0 Å². The van der Waals surface area contributed by atoms with Crippen LogP contribution in [-0.4, -0.2) is 17.1 Å². The maximum Gasteiger partial charge on any atom is 0.419 e. The second kappa shape index (κ2) is 5.72. The molecule has 2 aromatic carbocycles. The molecule has 2 amide bonds. The lowest BCUT2D eigenvalue weighted by atomic mass is 10.0. The topological polar surface area (TPSA) is 49.4 Å². The lowest BCUT2D eigenvalue weighted by molar-refractivity contribution is -0.140. The number of thioether (sulfide) groups is 1. The third-order valence-corrected chi connectivity index (χ3v) is 6.08. The van der Waals surface area contributed by atoms with Gasteiger partial charge in [-0.2, -0.15) is 13.2 Å². The Morgan fingerprint density at radius 2 is 1.85 bits per heavy atom. The predicted molar refractivity (Wildman–Crippen MR) is 92.7 cm³/mol. The number of carbonyl (C=O) groups is 2. The van der Waals surface area contributed by atoms with Crippen LogP contribution in [0, 0.1) is 5.82 Å². The number of hydrogen-bond donors (Lipinski definition) is 1. The molecular weight excluding hydrogens is 384 g/mol. The molecule has 0 saturated carbocycles. The maximum atomic E-state index is 13.7. The van der Waals surface area contributed by atoms with Crippen LogP contribution in [0.15, 0.2) is 42.5 Å². The molecule has 4 rings (SSSR count). The first kappa shape index (κ1) is 17.8. The van der Waals surface area contributed by atoms with Crippen molar-refractivity contribution in [3.05, 3.63) is 59.4 Å². The number of amides is 2. The normalized spacial score (nSPS) is 24.5. The van der Waals surface area contributed by atoms with E-state index in [9.17, 15) is 27.2 Å². The molecule has 2 aliphatic rings. The molecule has 2 heterocycles. The van der Waals surface area contributed by atoms with E-state index in [0.717, 1.165) is 22.7 Å². The summed E-state index contributed by atoms with van der Waals surface area (Å²) in [7, 11) is 0. The largest absolute Gasteiger partial charge is 0.419 e. The highest BCUT2D eigenvalue weighted by atomic mass is 32.2. The van der Waals surface area contributed by atoms with Gasteiger partial charge in [-0.15, -0.1) is 11.8 Å². The quantitative estimate of drug-likeness (QED) is 0.738. The molecule has 0 aromatic heterocycles. The van der Waals surface area contributed by atoms with Crippen LogP contribution in [0.1, 0.15) is 18.1 Å². The molecule has 1 fully saturated rings. The minimum absolute atomic E-state index is 0.183. The minimum atomic E-state index is -4.93. The number of alkyl halides is 3. The predicted octanol–water partition coefficient (Wildman–Crippen LogP) is 4.12. The second-order valence-corrected chi connectivity index (χ2v) is 7.77. The second-order valence-electron chi connectivity index (χ2n) is 6.24. The Balaban J connectivity index is 1.94. The van der Waals surface area contributed by atoms with Crippen molar-refractivity contribution in [1.29, 1.82) is 0 Å². The van der Waals surface area contributed by atoms with Crippen LogP contribution >= 0.6 is 11.8 Å². The Kier molecular flexibility index (Phi) is 3.78. The fourth-order valence-corrected chi connectivity index (χ4v) is 4.91. The summed E-state index contributed by atoms with van der Waals surface area (Å²) in [5, 5.41) is 2.01. The van der Waals surface area contributed by atoms with E-state index in [4.69, 9.17) is 0 Å². The standard InChI is InChI=1S/C18H12F4N2O2S/c1-9-15(25)24(10-6-7-13(19)12(8-10)18(20,21)22)17(27-9)11-4-2-3-5-14(11)23-16(17)26/h2-9H,1H3,(H,23,26)/t9-,17+/m0/s1. The van der Waals surface area contributed by atoms with E-state index in [0.29, 0.717) is 23.4 Å². The monoisotopic (exact) mass is 396 g/mol. The molecule has 2 atom stereocenters. The summed E-state index contributed by atoms with van der Waals surface area (Å²) in [6.45, 7) is 1.58. The highest BCUT2D eigenvalue weighted by Crippen LogP contribution is 2.56. The number of halogens is 4. The number of carbonyl (C=O) groups excluding carboxylic acids is 2. The smallest absolute Gasteiger partial charge is 0.323 e. The minimum Gasteiger partial charge on any atom is -0.323 e. The van der Waals surface area contributed by atoms with Crippen molar-refractivity contribution < 1.29 is 27.2 Å². The maximum absolute atomic E-state index is 13.7. The van der Waals surface area contributed by atoms with E-state index in [1.165, 1.54) is 0 Å². The lowest BCUT2D eigenvalue weighted by Gasteiger charge is -2.32. The van der Waals surface area contributed by atoms with Gasteiger partial charge in [0, 0.05) is 16.9 Å². The molecular formula is C18H12F4N2O2S. The Bertz CT molecular complexity index is 978. The molecule has 9 heteroatoms. The Morgan fingerprint density at radius 3 is 2.56 bits per heavy atom. The number of benzene rings is 2. The van der Waals surface area contributed by atoms with Gasteiger partial charge in [0.05, 0.1) is 10.8 Å². The van der Waals surface area contributed by atoms with Gasteiger partial charge in [0.1, 0.15) is 5.82 Å². The summed E-state index contributed by atoms with van der Waals surface area (Å²) >= 11 is 1.04. The fraction of sp³-hybridized carbons (Fsp3) is 0.222. The number of fused-ring (bicyclic) bond motifs is 2. The first-order chi connectivity index (χ1) is 12.7. The van der Waals surface area contributed by atoms with Gasteiger partial charge in [0.2, 0.25) is 10.8 Å². The fourth-order valence-electron chi connectivity index (χ4n) is 3.43. The molecule has 140 valence electrons. The van der Waals surface area contributed by atoms with Crippen molar-refractivity contribution in [1.82, 2.24) is 0 Å². The summed E-state index contributed by atoms with van der Waals surface area (Å²) in [5.74, 6) is -2.49. The Hall–Kier alpha value is -2.55. The van der Waals surface area contributed by atoms with Crippen molar-refractivity contribution in [3.63, 3.8) is 0 Å². The molecule has 1 N–H and O–H groups in total. The Morgan fingerprint density at radius 1 is 1.15 bits per heavy atom. The van der Waals surface area contributed by atoms with Crippen LogP contribution in [-0.2, 0) is 20.6 Å². The molecule has 1 spiro atoms. The van der Waals surface area contributed by atoms with Gasteiger partial charge < -0.3 is 5.32 Å². The van der Waals surface area contributed by atoms with Crippen LogP contribution in [0.3, 0.4) is 0 Å². The summed E-state index contributed by atoms with van der Waals surface area (Å²) in [6.07, 6.45) is -4.93. The summed E-state index contributed by atoms with van der Waals surface area (Å²) in [4.78, 5) is 25.2. The summed E-state index contributed by atoms with van der Waals surface area (Å²) < 4.78 is 53.1. The molecule has 2 aromatic rings. The van der Waals surface area contributed by atoms with E-state index in [2.05, 4.69) is 5.32 Å². The van der Waals surface area contributed by atoms with Crippen LogP contribution in [0.25, 0.3) is 0 Å². The number of rotatable bonds is 1. The van der Waals surface area contributed by atoms with Gasteiger partial charge in [-0.3, -0.25) is 14.5 Å². The van der Waals surface area contributed by atoms with E-state index >= 15 is 0 Å². The molecule has 2 aliphatic heterocycles. The number of nitrogens with one attached hydrogen (secondary N) is 1. The van der Waals surface area contributed by atoms with Crippen molar-refractivity contribution in [2.24, 2.45) is 0 Å². The van der Waals surface area contributed by atoms with E-state index in [1.54, 1.807) is 31.2 Å². The third-order valence-electron chi connectivity index (χ3n) is 4.59. The number of anilines is 2. The summed E-state index contributed by atoms with van der Waals surface area (Å²) in [5.41, 5.74) is -0.702. The highest BCUT2D eigenvalue weighted by molar-refractivity contribution is 8.03. The van der Waals surface area contributed by atoms with Crippen LogP contribution in [0.5, 0.6) is 0 Å². The molecule has 0 radical (unpaired) electrons. The first-order valence-corrected chi connectivity index (χ1v) is 8.84. The first-order valence-electron chi connectivity index (χ1n) is 7.96. The zero-order valence-electron chi connectivity index (χ0n) is 13.8. The van der Waals surface area contributed by atoms with E-state index < -0.39 is 39.5 Å². The van der Waals surface area contributed by atoms with Gasteiger partial charge >= 0.3 is 6.18 Å². The van der Waals surface area contributed by atoms with Crippen molar-refractivity contribution in [2.75, 3.05) is 10.2 Å². The van der Waals surface area contributed by atoms with Gasteiger partial charge in [-0.25, -0.2) is 4.39 Å². The van der Waals surface area contributed by atoms with Gasteiger partial charge in [0.25, 0.3) is 5.91 Å². The average Bonchev–Trinajstić information content (AvgIpc) is 3.02. The average molecular weight is 396 g/mol. The van der Waals surface area contributed by atoms with Gasteiger partial charge in [-0.1, -0.05) is 18.2 Å². The van der Waals surface area contributed by atoms with Gasteiger partial charge in [-0.05, 0) is 31.2 Å².